The van der Waals surface area contributed by atoms with E-state index in [9.17, 15) is 14.4 Å². The predicted octanol–water partition coefficient (Wildman–Crippen LogP) is 4.42. The Morgan fingerprint density at radius 3 is 2.38 bits per heavy atom. The van der Waals surface area contributed by atoms with Gasteiger partial charge in [-0.05, 0) is 96.5 Å². The summed E-state index contributed by atoms with van der Waals surface area (Å²) in [5.41, 5.74) is 16.9. The number of carbonyl (C=O) groups excluding carboxylic acids is 3. The second-order valence-corrected chi connectivity index (χ2v) is 16.8. The van der Waals surface area contributed by atoms with Crippen molar-refractivity contribution in [2.24, 2.45) is 16.5 Å². The first-order chi connectivity index (χ1) is 33.5. The lowest BCUT2D eigenvalue weighted by molar-refractivity contribution is -0.110. The number of aldehydes is 1. The largest absolute Gasteiger partial charge is 0.494 e. The van der Waals surface area contributed by atoms with E-state index in [0.717, 1.165) is 99.7 Å². The Hall–Kier alpha value is -7.39. The van der Waals surface area contributed by atoms with E-state index in [1.165, 1.54) is 0 Å². The summed E-state index contributed by atoms with van der Waals surface area (Å²) in [6, 6.07) is 10.7. The summed E-state index contributed by atoms with van der Waals surface area (Å²) in [5, 5.41) is 22.5. The predicted molar refractivity (Wildman–Crippen MR) is 266 cm³/mol. The number of likely N-dealkylation sites (tertiary alicyclic amines) is 1. The number of imidazole rings is 2. The van der Waals surface area contributed by atoms with Crippen LogP contribution in [0.5, 0.6) is 11.5 Å². The minimum Gasteiger partial charge on any atom is -0.494 e. The third-order valence-corrected chi connectivity index (χ3v) is 12.0. The molecule has 4 aromatic heterocycles. The van der Waals surface area contributed by atoms with Crippen LogP contribution in [0.15, 0.2) is 65.3 Å². The van der Waals surface area contributed by atoms with Gasteiger partial charge in [-0.15, -0.1) is 10.2 Å². The summed E-state index contributed by atoms with van der Waals surface area (Å²) in [7, 11) is 3.40. The van der Waals surface area contributed by atoms with E-state index in [1.54, 1.807) is 50.0 Å². The molecule has 6 aromatic rings. The summed E-state index contributed by atoms with van der Waals surface area (Å²) in [6.07, 6.45) is 9.25. The number of fused-ring (bicyclic) bond motifs is 3. The smallest absolute Gasteiger partial charge is 0.276 e. The van der Waals surface area contributed by atoms with E-state index in [4.69, 9.17) is 30.9 Å². The van der Waals surface area contributed by atoms with Crippen LogP contribution in [-0.4, -0.2) is 126 Å². The number of hydrogen-bond donors (Lipinski definition) is 5. The van der Waals surface area contributed by atoms with Gasteiger partial charge in [-0.25, -0.2) is 9.97 Å². The number of rotatable bonds is 19. The van der Waals surface area contributed by atoms with Crippen molar-refractivity contribution in [3.8, 4) is 11.5 Å². The van der Waals surface area contributed by atoms with Crippen LogP contribution in [-0.2, 0) is 37.5 Å². The topological polar surface area (TPSA) is 258 Å². The molecule has 0 aliphatic carbocycles. The van der Waals surface area contributed by atoms with Crippen LogP contribution in [0.25, 0.3) is 22.1 Å². The number of hydrogen-bond acceptors (Lipinski definition) is 15. The van der Waals surface area contributed by atoms with Gasteiger partial charge in [0.25, 0.3) is 5.91 Å². The lowest BCUT2D eigenvalue weighted by Gasteiger charge is -2.32. The summed E-state index contributed by atoms with van der Waals surface area (Å²) in [5.74, 6) is 3.68. The number of piperidine rings is 1. The van der Waals surface area contributed by atoms with Crippen LogP contribution in [0.4, 0.5) is 11.9 Å². The second kappa shape index (κ2) is 23.1. The molecule has 2 aliphatic rings. The van der Waals surface area contributed by atoms with E-state index < -0.39 is 11.8 Å². The Morgan fingerprint density at radius 1 is 0.971 bits per heavy atom. The number of methoxy groups -OCH3 is 1. The number of amides is 2. The van der Waals surface area contributed by atoms with Gasteiger partial charge in [-0.3, -0.25) is 29.4 Å². The number of anilines is 2. The maximum Gasteiger partial charge on any atom is 0.276 e. The lowest BCUT2D eigenvalue weighted by atomic mass is 9.95. The molecule has 2 aliphatic heterocycles. The number of carbonyl (C=O) groups is 3. The average molecular weight is 945 g/mol. The molecule has 0 bridgehead atoms. The Morgan fingerprint density at radius 2 is 1.71 bits per heavy atom. The van der Waals surface area contributed by atoms with Gasteiger partial charge in [0.05, 0.1) is 37.0 Å². The zero-order chi connectivity index (χ0) is 49.0. The number of aliphatic imine (C=N–C) groups is 1. The zero-order valence-corrected chi connectivity index (χ0v) is 40.4. The van der Waals surface area contributed by atoms with Crippen molar-refractivity contribution >= 4 is 57.8 Å². The Labute approximate surface area is 401 Å². The maximum atomic E-state index is 13.4. The summed E-state index contributed by atoms with van der Waals surface area (Å²) < 4.78 is 20.0. The molecule has 6 heterocycles. The summed E-state index contributed by atoms with van der Waals surface area (Å²) in [6.45, 7) is 15.3. The fourth-order valence-corrected chi connectivity index (χ4v) is 8.75. The van der Waals surface area contributed by atoms with E-state index in [1.807, 2.05) is 60.3 Å². The van der Waals surface area contributed by atoms with E-state index >= 15 is 0 Å². The number of ether oxygens (including phenoxy) is 2. The number of para-hydroxylation sites is 1. The van der Waals surface area contributed by atoms with Gasteiger partial charge in [0.15, 0.2) is 6.29 Å². The molecule has 8 rings (SSSR count). The Kier molecular flexibility index (Phi) is 16.6. The number of aromatic nitrogens is 9. The van der Waals surface area contributed by atoms with Crippen molar-refractivity contribution < 1.29 is 23.9 Å². The number of aryl methyl sites for hydroxylation is 2. The van der Waals surface area contributed by atoms with Crippen LogP contribution in [0, 0.1) is 6.92 Å². The molecular formula is C48H64N16O5. The van der Waals surface area contributed by atoms with Crippen molar-refractivity contribution in [1.82, 2.24) is 53.9 Å². The van der Waals surface area contributed by atoms with Gasteiger partial charge in [0, 0.05) is 70.0 Å². The van der Waals surface area contributed by atoms with E-state index in [2.05, 4.69) is 45.7 Å². The highest BCUT2D eigenvalue weighted by Gasteiger charge is 2.27. The Balaban J connectivity index is 0.000000625. The molecule has 366 valence electrons. The van der Waals surface area contributed by atoms with Crippen LogP contribution in [0.3, 0.4) is 0 Å². The fourth-order valence-electron chi connectivity index (χ4n) is 8.75. The third kappa shape index (κ3) is 11.7. The number of benzene rings is 2. The standard InChI is InChI=1S/C41H54N14O4.C7H10N2O/c1-5-46-31(22-26(2)42)39(57)49-41-47-29-10-8-11-32(58-4)35(29)55(41)17-7-6-16-54-36-30(48-40(54)44-3)23-28(37(43)56)24-33(36)59-21-9-15-52-18-12-27(13-19-52)38-51-50-34-25-45-14-20-53(34)38;1-3-9-7(5-10)4-6(2)8-9/h6-8,10-11,22-24,27,45H,5,9,12-21,25,42H2,1-4H3,(H2,43,56)(H,44,48)(H,47,49,57);4-5H,3H2,1-2H3/b7-6+,26-22-,46-31?;. The first kappa shape index (κ1) is 49.5. The molecule has 0 atom stereocenters. The number of nitrogens with one attached hydrogen (secondary N) is 3. The van der Waals surface area contributed by atoms with Gasteiger partial charge < -0.3 is 50.2 Å². The van der Waals surface area contributed by atoms with Crippen LogP contribution in [0.2, 0.25) is 0 Å². The molecule has 21 nitrogen and oxygen atoms in total. The minimum atomic E-state index is -0.557. The molecule has 21 heteroatoms. The van der Waals surface area contributed by atoms with Crippen molar-refractivity contribution in [3.05, 3.63) is 88.9 Å². The van der Waals surface area contributed by atoms with Gasteiger partial charge in [0.2, 0.25) is 17.8 Å². The highest BCUT2D eigenvalue weighted by molar-refractivity contribution is 6.47. The average Bonchev–Trinajstić information content (AvgIpc) is 4.14. The molecule has 2 aromatic carbocycles. The maximum absolute atomic E-state index is 13.4. The first-order valence-corrected chi connectivity index (χ1v) is 23.4. The van der Waals surface area contributed by atoms with Gasteiger partial charge in [-0.1, -0.05) is 18.2 Å². The number of nitrogens with two attached hydrogens (primary N) is 2. The van der Waals surface area contributed by atoms with Crippen LogP contribution in [0.1, 0.15) is 84.1 Å². The van der Waals surface area contributed by atoms with Crippen LogP contribution < -0.4 is 36.9 Å². The Bertz CT molecular complexity index is 2860. The summed E-state index contributed by atoms with van der Waals surface area (Å²) >= 11 is 0. The number of allylic oxidation sites excluding steroid dienone is 3. The third-order valence-electron chi connectivity index (χ3n) is 12.0. The summed E-state index contributed by atoms with van der Waals surface area (Å²) in [4.78, 5) is 52.4. The minimum absolute atomic E-state index is 0.206. The van der Waals surface area contributed by atoms with E-state index in [0.29, 0.717) is 83.5 Å². The highest BCUT2D eigenvalue weighted by Crippen LogP contribution is 2.33. The lowest BCUT2D eigenvalue weighted by Crippen LogP contribution is -2.36. The number of nitrogens with zero attached hydrogens (tertiary/aromatic N) is 11. The van der Waals surface area contributed by atoms with Crippen molar-refractivity contribution in [1.29, 1.82) is 0 Å². The second-order valence-electron chi connectivity index (χ2n) is 16.8. The molecule has 0 saturated carbocycles. The zero-order valence-electron chi connectivity index (χ0n) is 40.4. The van der Waals surface area contributed by atoms with Crippen molar-refractivity contribution in [2.75, 3.05) is 64.1 Å². The molecule has 0 radical (unpaired) electrons. The van der Waals surface area contributed by atoms with Crippen molar-refractivity contribution in [2.45, 2.75) is 85.6 Å². The molecule has 2 amide bonds. The quantitative estimate of drug-likeness (QED) is 0.0326. The van der Waals surface area contributed by atoms with E-state index in [-0.39, 0.29) is 5.71 Å². The van der Waals surface area contributed by atoms with Gasteiger partial charge in [0.1, 0.15) is 45.6 Å². The molecule has 0 unspecified atom stereocenters. The van der Waals surface area contributed by atoms with Gasteiger partial charge in [-0.2, -0.15) is 5.10 Å². The van der Waals surface area contributed by atoms with Gasteiger partial charge >= 0.3 is 0 Å². The monoisotopic (exact) mass is 945 g/mol. The first-order valence-electron chi connectivity index (χ1n) is 23.4. The SMILES string of the molecule is CCN=C(/C=C(/C)N)C(=O)Nc1nc2cccc(OC)c2n1C/C=C/Cn1c(NC)nc2cc(C(N)=O)cc(OCCCN3CCC(c4nnc5n4CCNC5)CC3)c21.CCn1nc(C)cc1C=O. The molecule has 0 spiro atoms. The highest BCUT2D eigenvalue weighted by atomic mass is 16.5. The molecule has 69 heavy (non-hydrogen) atoms. The normalized spacial score (nSPS) is 14.8. The molecule has 7 N–H and O–H groups in total. The number of primary amides is 1. The van der Waals surface area contributed by atoms with Crippen LogP contribution >= 0.6 is 0 Å². The molecule has 1 fully saturated rings. The fraction of sp³-hybridized carbons (Fsp3) is 0.438. The molecule has 1 saturated heterocycles. The molecular weight excluding hydrogens is 881 g/mol. The van der Waals surface area contributed by atoms with Crippen molar-refractivity contribution in [3.63, 3.8) is 0 Å².